The van der Waals surface area contributed by atoms with E-state index in [0.29, 0.717) is 40.8 Å². The highest BCUT2D eigenvalue weighted by Crippen LogP contribution is 2.30. The fraction of sp³-hybridized carbons (Fsp3) is 0.333. The normalized spacial score (nSPS) is 11.3. The van der Waals surface area contributed by atoms with Crippen molar-refractivity contribution in [1.82, 2.24) is 24.5 Å². The molecule has 3 heterocycles. The van der Waals surface area contributed by atoms with Crippen molar-refractivity contribution in [3.05, 3.63) is 34.7 Å². The molecule has 7 heteroatoms. The number of carbonyl (C=O) groups is 1. The van der Waals surface area contributed by atoms with Crippen LogP contribution in [0.15, 0.2) is 18.3 Å². The van der Waals surface area contributed by atoms with Crippen molar-refractivity contribution in [2.75, 3.05) is 13.1 Å². The van der Waals surface area contributed by atoms with Gasteiger partial charge in [-0.05, 0) is 32.9 Å². The van der Waals surface area contributed by atoms with E-state index < -0.39 is 0 Å². The molecule has 0 radical (unpaired) electrons. The van der Waals surface area contributed by atoms with Gasteiger partial charge in [0, 0.05) is 24.7 Å². The molecule has 3 rings (SSSR count). The number of fused-ring (bicyclic) bond motifs is 3. The fourth-order valence-corrected chi connectivity index (χ4v) is 2.93. The molecule has 0 spiro atoms. The van der Waals surface area contributed by atoms with Crippen molar-refractivity contribution in [2.45, 2.75) is 20.8 Å². The first-order valence-electron chi connectivity index (χ1n) is 7.17. The molecule has 3 aromatic rings. The Kier molecular flexibility index (Phi) is 3.70. The van der Waals surface area contributed by atoms with Crippen LogP contribution >= 0.6 is 11.6 Å². The van der Waals surface area contributed by atoms with E-state index in [4.69, 9.17) is 11.6 Å². The molecule has 0 saturated carbocycles. The van der Waals surface area contributed by atoms with E-state index in [1.165, 1.54) is 0 Å². The van der Waals surface area contributed by atoms with Crippen molar-refractivity contribution in [2.24, 2.45) is 0 Å². The molecule has 3 aromatic heterocycles. The maximum absolute atomic E-state index is 12.8. The lowest BCUT2D eigenvalue weighted by Crippen LogP contribution is -2.31. The Morgan fingerprint density at radius 2 is 2.00 bits per heavy atom. The molecule has 114 valence electrons. The summed E-state index contributed by atoms with van der Waals surface area (Å²) in [6.07, 6.45) is 1.68. The molecule has 0 aromatic carbocycles. The molecule has 1 amide bonds. The average Bonchev–Trinajstić information content (AvgIpc) is 2.91. The van der Waals surface area contributed by atoms with Gasteiger partial charge in [-0.1, -0.05) is 11.6 Å². The lowest BCUT2D eigenvalue weighted by Gasteiger charge is -2.20. The first kappa shape index (κ1) is 14.7. The minimum atomic E-state index is -0.141. The highest BCUT2D eigenvalue weighted by molar-refractivity contribution is 6.39. The SMILES string of the molecule is CCN(CC)C(=O)c1c(Cl)c2cccnc2n2c(C)nnc12. The molecule has 0 unspecified atom stereocenters. The second-order valence-electron chi connectivity index (χ2n) is 4.95. The summed E-state index contributed by atoms with van der Waals surface area (Å²) in [6, 6.07) is 3.65. The maximum Gasteiger partial charge on any atom is 0.259 e. The van der Waals surface area contributed by atoms with Crippen LogP contribution in [0, 0.1) is 6.92 Å². The van der Waals surface area contributed by atoms with Gasteiger partial charge in [0.15, 0.2) is 5.65 Å². The predicted molar refractivity (Wildman–Crippen MR) is 85.3 cm³/mol. The number of hydrogen-bond acceptors (Lipinski definition) is 4. The third-order valence-electron chi connectivity index (χ3n) is 3.77. The molecule has 0 aliphatic rings. The Morgan fingerprint density at radius 3 is 2.68 bits per heavy atom. The van der Waals surface area contributed by atoms with Crippen LogP contribution < -0.4 is 0 Å². The number of amides is 1. The Morgan fingerprint density at radius 1 is 1.27 bits per heavy atom. The Hall–Kier alpha value is -2.21. The number of aryl methyl sites for hydroxylation is 1. The predicted octanol–water partition coefficient (Wildman–Crippen LogP) is 2.72. The minimum Gasteiger partial charge on any atom is -0.339 e. The number of hydrogen-bond donors (Lipinski definition) is 0. The molecular formula is C15H16ClN5O. The largest absolute Gasteiger partial charge is 0.339 e. The molecule has 0 N–H and O–H groups in total. The molecule has 6 nitrogen and oxygen atoms in total. The summed E-state index contributed by atoms with van der Waals surface area (Å²) >= 11 is 6.51. The van der Waals surface area contributed by atoms with E-state index in [1.807, 2.05) is 26.8 Å². The quantitative estimate of drug-likeness (QED) is 0.745. The molecular weight excluding hydrogens is 302 g/mol. The second kappa shape index (κ2) is 5.53. The summed E-state index contributed by atoms with van der Waals surface area (Å²) in [6.45, 7) is 6.91. The number of rotatable bonds is 3. The highest BCUT2D eigenvalue weighted by Gasteiger charge is 2.25. The zero-order valence-electron chi connectivity index (χ0n) is 12.7. The third-order valence-corrected chi connectivity index (χ3v) is 4.16. The van der Waals surface area contributed by atoms with Crippen LogP contribution in [0.1, 0.15) is 30.0 Å². The zero-order chi connectivity index (χ0) is 15.9. The van der Waals surface area contributed by atoms with Crippen LogP contribution in [0.5, 0.6) is 0 Å². The molecule has 0 aliphatic carbocycles. The van der Waals surface area contributed by atoms with E-state index in [2.05, 4.69) is 15.2 Å². The number of aromatic nitrogens is 4. The van der Waals surface area contributed by atoms with Crippen LogP contribution in [-0.4, -0.2) is 43.5 Å². The number of nitrogens with zero attached hydrogens (tertiary/aromatic N) is 5. The van der Waals surface area contributed by atoms with E-state index in [0.717, 1.165) is 5.39 Å². The number of carbonyl (C=O) groups excluding carboxylic acids is 1. The van der Waals surface area contributed by atoms with E-state index in [1.54, 1.807) is 21.6 Å². The monoisotopic (exact) mass is 317 g/mol. The third kappa shape index (κ3) is 2.02. The molecule has 0 atom stereocenters. The van der Waals surface area contributed by atoms with Crippen molar-refractivity contribution in [3.63, 3.8) is 0 Å². The first-order chi connectivity index (χ1) is 10.6. The summed E-state index contributed by atoms with van der Waals surface area (Å²) < 4.78 is 1.78. The van der Waals surface area contributed by atoms with Gasteiger partial charge in [0.05, 0.1) is 5.02 Å². The standard InChI is InChI=1S/C15H16ClN5O/c1-4-20(5-2)15(22)11-12(16)10-7-6-8-17-13(10)21-9(3)18-19-14(11)21/h6-8H,4-5H2,1-3H3. The average molecular weight is 318 g/mol. The zero-order valence-corrected chi connectivity index (χ0v) is 13.4. The molecule has 0 saturated heterocycles. The Labute approximate surface area is 132 Å². The van der Waals surface area contributed by atoms with Crippen molar-refractivity contribution in [3.8, 4) is 0 Å². The summed E-state index contributed by atoms with van der Waals surface area (Å²) in [7, 11) is 0. The van der Waals surface area contributed by atoms with Crippen molar-refractivity contribution in [1.29, 1.82) is 0 Å². The van der Waals surface area contributed by atoms with Crippen molar-refractivity contribution >= 4 is 34.2 Å². The van der Waals surface area contributed by atoms with Crippen LogP contribution in [-0.2, 0) is 0 Å². The van der Waals surface area contributed by atoms with Gasteiger partial charge in [-0.15, -0.1) is 10.2 Å². The Balaban J connectivity index is 2.42. The van der Waals surface area contributed by atoms with Gasteiger partial charge in [-0.2, -0.15) is 0 Å². The lowest BCUT2D eigenvalue weighted by atomic mass is 10.1. The van der Waals surface area contributed by atoms with Gasteiger partial charge in [-0.3, -0.25) is 9.20 Å². The van der Waals surface area contributed by atoms with Gasteiger partial charge < -0.3 is 4.90 Å². The smallest absolute Gasteiger partial charge is 0.259 e. The van der Waals surface area contributed by atoms with E-state index in [-0.39, 0.29) is 5.91 Å². The van der Waals surface area contributed by atoms with Gasteiger partial charge >= 0.3 is 0 Å². The number of halogens is 1. The van der Waals surface area contributed by atoms with Crippen LogP contribution in [0.2, 0.25) is 5.02 Å². The van der Waals surface area contributed by atoms with Gasteiger partial charge in [0.1, 0.15) is 17.0 Å². The molecule has 0 aliphatic heterocycles. The fourth-order valence-electron chi connectivity index (χ4n) is 2.62. The summed E-state index contributed by atoms with van der Waals surface area (Å²) in [5.74, 6) is 0.530. The van der Waals surface area contributed by atoms with Crippen molar-refractivity contribution < 1.29 is 4.79 Å². The lowest BCUT2D eigenvalue weighted by molar-refractivity contribution is 0.0774. The minimum absolute atomic E-state index is 0.141. The highest BCUT2D eigenvalue weighted by atomic mass is 35.5. The first-order valence-corrected chi connectivity index (χ1v) is 7.55. The van der Waals surface area contributed by atoms with Gasteiger partial charge in [0.25, 0.3) is 5.91 Å². The van der Waals surface area contributed by atoms with E-state index in [9.17, 15) is 4.79 Å². The maximum atomic E-state index is 12.8. The van der Waals surface area contributed by atoms with Crippen LogP contribution in [0.4, 0.5) is 0 Å². The summed E-state index contributed by atoms with van der Waals surface area (Å²) in [5.41, 5.74) is 1.48. The summed E-state index contributed by atoms with van der Waals surface area (Å²) in [4.78, 5) is 18.9. The number of pyridine rings is 2. The Bertz CT molecular complexity index is 869. The molecule has 0 fully saturated rings. The molecule has 22 heavy (non-hydrogen) atoms. The second-order valence-corrected chi connectivity index (χ2v) is 5.33. The molecule has 0 bridgehead atoms. The van der Waals surface area contributed by atoms with E-state index >= 15 is 0 Å². The topological polar surface area (TPSA) is 63.4 Å². The van der Waals surface area contributed by atoms with Gasteiger partial charge in [-0.25, -0.2) is 4.98 Å². The van der Waals surface area contributed by atoms with Crippen LogP contribution in [0.25, 0.3) is 16.7 Å². The van der Waals surface area contributed by atoms with Gasteiger partial charge in [0.2, 0.25) is 0 Å². The summed E-state index contributed by atoms with van der Waals surface area (Å²) in [5, 5.41) is 9.32. The van der Waals surface area contributed by atoms with Crippen LogP contribution in [0.3, 0.4) is 0 Å².